The maximum absolute atomic E-state index is 12.0. The maximum atomic E-state index is 12.0. The van der Waals surface area contributed by atoms with E-state index in [9.17, 15) is 4.79 Å². The average molecular weight is 274 g/mol. The van der Waals surface area contributed by atoms with Gasteiger partial charge in [0.1, 0.15) is 17.5 Å². The Labute approximate surface area is 118 Å². The van der Waals surface area contributed by atoms with Gasteiger partial charge < -0.3 is 14.8 Å². The summed E-state index contributed by atoms with van der Waals surface area (Å²) in [6.45, 7) is 0.789. The van der Waals surface area contributed by atoms with Crippen molar-refractivity contribution in [2.75, 3.05) is 19.0 Å². The van der Waals surface area contributed by atoms with Gasteiger partial charge in [0.25, 0.3) is 0 Å². The normalized spacial score (nSPS) is 17.5. The first-order valence-corrected chi connectivity index (χ1v) is 6.73. The molecule has 1 atom stereocenters. The molecule has 1 aliphatic rings. The lowest BCUT2D eigenvalue weighted by Gasteiger charge is -2.13. The van der Waals surface area contributed by atoms with E-state index in [1.807, 2.05) is 0 Å². The number of methoxy groups -OCH3 is 1. The molecule has 1 aromatic carbocycles. The number of nitrogens with zero attached hydrogens (tertiary/aromatic N) is 1. The van der Waals surface area contributed by atoms with Crippen LogP contribution in [-0.2, 0) is 9.53 Å². The molecule has 1 fully saturated rings. The molecule has 20 heavy (non-hydrogen) atoms. The van der Waals surface area contributed by atoms with E-state index in [1.165, 1.54) is 7.11 Å². The number of para-hydroxylation sites is 1. The Morgan fingerprint density at radius 2 is 2.45 bits per heavy atom. The smallest absolute Gasteiger partial charge is 0.224 e. The lowest BCUT2D eigenvalue weighted by Crippen LogP contribution is -2.16. The number of carbonyl (C=O) groups is 1. The fourth-order valence-corrected chi connectivity index (χ4v) is 2.29. The predicted octanol–water partition coefficient (Wildman–Crippen LogP) is 2.46. The quantitative estimate of drug-likeness (QED) is 0.895. The summed E-state index contributed by atoms with van der Waals surface area (Å²) in [5, 5.41) is 11.8. The second-order valence-corrected chi connectivity index (χ2v) is 4.72. The van der Waals surface area contributed by atoms with Gasteiger partial charge in [0, 0.05) is 13.0 Å². The monoisotopic (exact) mass is 274 g/mol. The number of carbonyl (C=O) groups excluding carboxylic acids is 1. The molecule has 0 bridgehead atoms. The first-order valence-electron chi connectivity index (χ1n) is 6.73. The van der Waals surface area contributed by atoms with Crippen LogP contribution in [0.3, 0.4) is 0 Å². The first-order chi connectivity index (χ1) is 9.74. The van der Waals surface area contributed by atoms with Crippen molar-refractivity contribution >= 4 is 11.6 Å². The zero-order valence-corrected chi connectivity index (χ0v) is 11.5. The van der Waals surface area contributed by atoms with Crippen LogP contribution in [0.4, 0.5) is 5.69 Å². The number of nitriles is 1. The highest BCUT2D eigenvalue weighted by molar-refractivity contribution is 5.93. The second-order valence-electron chi connectivity index (χ2n) is 4.72. The van der Waals surface area contributed by atoms with E-state index in [0.717, 1.165) is 19.4 Å². The number of rotatable bonds is 5. The summed E-state index contributed by atoms with van der Waals surface area (Å²) < 4.78 is 10.7. The van der Waals surface area contributed by atoms with Crippen LogP contribution in [0, 0.1) is 11.3 Å². The maximum Gasteiger partial charge on any atom is 0.224 e. The minimum atomic E-state index is -0.124. The molecule has 0 saturated carbocycles. The summed E-state index contributed by atoms with van der Waals surface area (Å²) in [6.07, 6.45) is 3.37. The van der Waals surface area contributed by atoms with Crippen molar-refractivity contribution in [2.45, 2.75) is 31.8 Å². The van der Waals surface area contributed by atoms with Gasteiger partial charge >= 0.3 is 0 Å². The van der Waals surface area contributed by atoms with Crippen LogP contribution >= 0.6 is 0 Å². The van der Waals surface area contributed by atoms with Crippen molar-refractivity contribution < 1.29 is 14.3 Å². The molecule has 0 aromatic heterocycles. The van der Waals surface area contributed by atoms with Crippen molar-refractivity contribution in [2.24, 2.45) is 0 Å². The Kier molecular flexibility index (Phi) is 4.97. The van der Waals surface area contributed by atoms with E-state index in [2.05, 4.69) is 11.4 Å². The van der Waals surface area contributed by atoms with Gasteiger partial charge in [-0.05, 0) is 31.4 Å². The summed E-state index contributed by atoms with van der Waals surface area (Å²) in [5.41, 5.74) is 0.838. The van der Waals surface area contributed by atoms with Crippen LogP contribution in [0.2, 0.25) is 0 Å². The third-order valence-corrected chi connectivity index (χ3v) is 3.35. The van der Waals surface area contributed by atoms with Crippen LogP contribution in [0.15, 0.2) is 18.2 Å². The summed E-state index contributed by atoms with van der Waals surface area (Å²) in [4.78, 5) is 12.0. The summed E-state index contributed by atoms with van der Waals surface area (Å²) >= 11 is 0. The highest BCUT2D eigenvalue weighted by Gasteiger charge is 2.18. The van der Waals surface area contributed by atoms with E-state index in [0.29, 0.717) is 29.8 Å². The number of nitrogens with one attached hydrogen (secondary N) is 1. The van der Waals surface area contributed by atoms with Crippen LogP contribution in [0.1, 0.15) is 31.2 Å². The fraction of sp³-hybridized carbons (Fsp3) is 0.467. The molecule has 1 aliphatic heterocycles. The minimum Gasteiger partial charge on any atom is -0.495 e. The van der Waals surface area contributed by atoms with E-state index < -0.39 is 0 Å². The van der Waals surface area contributed by atoms with Gasteiger partial charge in [-0.3, -0.25) is 4.79 Å². The number of ether oxygens (including phenoxy) is 2. The van der Waals surface area contributed by atoms with Gasteiger partial charge in [-0.2, -0.15) is 5.26 Å². The van der Waals surface area contributed by atoms with Gasteiger partial charge in [-0.25, -0.2) is 0 Å². The summed E-state index contributed by atoms with van der Waals surface area (Å²) in [5.74, 6) is 0.371. The number of amides is 1. The highest BCUT2D eigenvalue weighted by atomic mass is 16.5. The van der Waals surface area contributed by atoms with Crippen molar-refractivity contribution in [1.29, 1.82) is 5.26 Å². The zero-order valence-electron chi connectivity index (χ0n) is 11.5. The lowest BCUT2D eigenvalue weighted by molar-refractivity contribution is -0.116. The zero-order chi connectivity index (χ0) is 14.4. The Hall–Kier alpha value is -2.06. The molecule has 2 rings (SSSR count). The SMILES string of the molecule is COc1cccc(C#N)c1NC(=O)CCC1CCCO1. The predicted molar refractivity (Wildman–Crippen MR) is 74.5 cm³/mol. The Morgan fingerprint density at radius 3 is 3.10 bits per heavy atom. The van der Waals surface area contributed by atoms with Crippen LogP contribution in [-0.4, -0.2) is 25.7 Å². The van der Waals surface area contributed by atoms with E-state index >= 15 is 0 Å². The Morgan fingerprint density at radius 1 is 1.60 bits per heavy atom. The topological polar surface area (TPSA) is 71.3 Å². The molecule has 1 heterocycles. The van der Waals surface area contributed by atoms with Gasteiger partial charge in [-0.1, -0.05) is 6.07 Å². The van der Waals surface area contributed by atoms with Gasteiger partial charge in [0.15, 0.2) is 0 Å². The molecule has 5 nitrogen and oxygen atoms in total. The van der Waals surface area contributed by atoms with E-state index in [-0.39, 0.29) is 12.0 Å². The Balaban J connectivity index is 1.98. The Bertz CT molecular complexity index is 516. The van der Waals surface area contributed by atoms with E-state index in [1.54, 1.807) is 18.2 Å². The fourth-order valence-electron chi connectivity index (χ4n) is 2.29. The number of hydrogen-bond donors (Lipinski definition) is 1. The van der Waals surface area contributed by atoms with Gasteiger partial charge in [-0.15, -0.1) is 0 Å². The van der Waals surface area contributed by atoms with Crippen molar-refractivity contribution in [1.82, 2.24) is 0 Å². The summed E-state index contributed by atoms with van der Waals surface area (Å²) in [7, 11) is 1.51. The van der Waals surface area contributed by atoms with Crippen LogP contribution in [0.5, 0.6) is 5.75 Å². The molecule has 0 spiro atoms. The molecule has 1 N–H and O–H groups in total. The molecule has 1 saturated heterocycles. The molecule has 1 aromatic rings. The van der Waals surface area contributed by atoms with Gasteiger partial charge in [0.05, 0.1) is 18.8 Å². The van der Waals surface area contributed by atoms with Crippen molar-refractivity contribution in [3.63, 3.8) is 0 Å². The largest absolute Gasteiger partial charge is 0.495 e. The standard InChI is InChI=1S/C15H18N2O3/c1-19-13-6-2-4-11(10-16)15(13)17-14(18)8-7-12-5-3-9-20-12/h2,4,6,12H,3,5,7-9H2,1H3,(H,17,18). The minimum absolute atomic E-state index is 0.124. The highest BCUT2D eigenvalue weighted by Crippen LogP contribution is 2.28. The molecule has 0 radical (unpaired) electrons. The molecule has 1 amide bonds. The second kappa shape index (κ2) is 6.92. The third kappa shape index (κ3) is 3.49. The first kappa shape index (κ1) is 14.4. The molecular formula is C15H18N2O3. The molecule has 1 unspecified atom stereocenters. The molecular weight excluding hydrogens is 256 g/mol. The number of hydrogen-bond acceptors (Lipinski definition) is 4. The molecule has 5 heteroatoms. The van der Waals surface area contributed by atoms with E-state index in [4.69, 9.17) is 14.7 Å². The van der Waals surface area contributed by atoms with Crippen LogP contribution < -0.4 is 10.1 Å². The summed E-state index contributed by atoms with van der Waals surface area (Å²) in [6, 6.07) is 7.14. The third-order valence-electron chi connectivity index (χ3n) is 3.35. The average Bonchev–Trinajstić information content (AvgIpc) is 2.98. The van der Waals surface area contributed by atoms with Crippen molar-refractivity contribution in [3.05, 3.63) is 23.8 Å². The lowest BCUT2D eigenvalue weighted by atomic mass is 10.1. The number of anilines is 1. The molecule has 0 aliphatic carbocycles. The van der Waals surface area contributed by atoms with Crippen molar-refractivity contribution in [3.8, 4) is 11.8 Å². The van der Waals surface area contributed by atoms with Crippen LogP contribution in [0.25, 0.3) is 0 Å². The molecule has 106 valence electrons. The van der Waals surface area contributed by atoms with Gasteiger partial charge in [0.2, 0.25) is 5.91 Å². The number of benzene rings is 1.